The number of carbonyl (C=O) groups excluding carboxylic acids is 1. The zero-order chi connectivity index (χ0) is 24.9. The third-order valence-electron chi connectivity index (χ3n) is 6.81. The van der Waals surface area contributed by atoms with E-state index in [0.717, 1.165) is 37.2 Å². The van der Waals surface area contributed by atoms with Crippen molar-refractivity contribution >= 4 is 17.4 Å². The Labute approximate surface area is 205 Å². The predicted molar refractivity (Wildman–Crippen MR) is 132 cm³/mol. The fraction of sp³-hybridized carbons (Fsp3) is 0.423. The van der Waals surface area contributed by atoms with Crippen molar-refractivity contribution in [2.24, 2.45) is 4.99 Å². The number of nitrogens with zero attached hydrogens (tertiary/aromatic N) is 4. The minimum Gasteiger partial charge on any atom is -0.493 e. The average Bonchev–Trinajstić information content (AvgIpc) is 2.91. The topological polar surface area (TPSA) is 99.4 Å². The number of rotatable bonds is 7. The Bertz CT molecular complexity index is 1130. The summed E-state index contributed by atoms with van der Waals surface area (Å²) in [6, 6.07) is 11.3. The van der Waals surface area contributed by atoms with Crippen molar-refractivity contribution < 1.29 is 19.0 Å². The number of ether oxygens (including phenoxy) is 3. The van der Waals surface area contributed by atoms with Crippen LogP contribution in [0.25, 0.3) is 0 Å². The number of benzene rings is 2. The zero-order valence-electron chi connectivity index (χ0n) is 20.6. The fourth-order valence-electron chi connectivity index (χ4n) is 4.86. The first-order valence-corrected chi connectivity index (χ1v) is 11.7. The normalized spacial score (nSPS) is 17.0. The number of para-hydroxylation sites is 1. The number of hydrogen-bond acceptors (Lipinski definition) is 9. The first-order valence-electron chi connectivity index (χ1n) is 11.7. The van der Waals surface area contributed by atoms with Gasteiger partial charge in [-0.3, -0.25) is 15.0 Å². The molecule has 2 aromatic rings. The van der Waals surface area contributed by atoms with Crippen molar-refractivity contribution in [1.29, 1.82) is 5.26 Å². The number of piperidine rings is 1. The molecule has 184 valence electrons. The Hall–Kier alpha value is -3.77. The number of aliphatic imine (C=N–C) groups is 1. The van der Waals surface area contributed by atoms with Crippen LogP contribution in [0.5, 0.6) is 17.2 Å². The van der Waals surface area contributed by atoms with Gasteiger partial charge in [0, 0.05) is 31.2 Å². The molecule has 1 N–H and O–H groups in total. The Morgan fingerprint density at radius 2 is 1.77 bits per heavy atom. The van der Waals surface area contributed by atoms with Gasteiger partial charge in [-0.2, -0.15) is 5.26 Å². The van der Waals surface area contributed by atoms with E-state index < -0.39 is 0 Å². The molecular formula is C26H31N5O4. The molecule has 9 nitrogen and oxygen atoms in total. The highest BCUT2D eigenvalue weighted by Gasteiger charge is 2.33. The van der Waals surface area contributed by atoms with E-state index in [1.165, 1.54) is 21.3 Å². The van der Waals surface area contributed by atoms with Crippen LogP contribution in [0.4, 0.5) is 5.69 Å². The molecule has 1 saturated heterocycles. The molecule has 1 unspecified atom stereocenters. The molecule has 2 heterocycles. The summed E-state index contributed by atoms with van der Waals surface area (Å²) >= 11 is 0. The molecule has 1 fully saturated rings. The van der Waals surface area contributed by atoms with Gasteiger partial charge in [0.1, 0.15) is 0 Å². The first kappa shape index (κ1) is 24.4. The van der Waals surface area contributed by atoms with Crippen molar-refractivity contribution in [1.82, 2.24) is 15.1 Å². The van der Waals surface area contributed by atoms with Crippen molar-refractivity contribution in [2.45, 2.75) is 38.4 Å². The highest BCUT2D eigenvalue weighted by atomic mass is 16.5. The van der Waals surface area contributed by atoms with Gasteiger partial charge in [-0.1, -0.05) is 18.2 Å². The molecule has 1 atom stereocenters. The van der Waals surface area contributed by atoms with E-state index in [1.807, 2.05) is 31.3 Å². The van der Waals surface area contributed by atoms with E-state index in [2.05, 4.69) is 26.2 Å². The molecule has 9 heteroatoms. The second-order valence-corrected chi connectivity index (χ2v) is 8.65. The minimum atomic E-state index is -0.300. The number of likely N-dealkylation sites (tertiary alicyclic amines) is 1. The Morgan fingerprint density at radius 3 is 2.37 bits per heavy atom. The molecule has 0 radical (unpaired) electrons. The molecule has 0 spiro atoms. The number of ketones is 1. The van der Waals surface area contributed by atoms with Gasteiger partial charge in [0.05, 0.1) is 33.1 Å². The summed E-state index contributed by atoms with van der Waals surface area (Å²) in [6.07, 6.45) is 3.74. The molecule has 0 bridgehead atoms. The van der Waals surface area contributed by atoms with Crippen LogP contribution in [0.3, 0.4) is 0 Å². The van der Waals surface area contributed by atoms with Crippen LogP contribution in [0.15, 0.2) is 41.4 Å². The average molecular weight is 478 g/mol. The number of nitriles is 1. The van der Waals surface area contributed by atoms with Gasteiger partial charge in [-0.15, -0.1) is 0 Å². The van der Waals surface area contributed by atoms with Gasteiger partial charge in [-0.05, 0) is 43.5 Å². The van der Waals surface area contributed by atoms with Crippen LogP contribution < -0.4 is 19.5 Å². The molecule has 0 amide bonds. The zero-order valence-corrected chi connectivity index (χ0v) is 20.6. The largest absolute Gasteiger partial charge is 0.493 e. The molecule has 2 aliphatic rings. The fourth-order valence-corrected chi connectivity index (χ4v) is 4.86. The number of Topliss-reactive ketones (excluding diaryl/α,β-unsaturated/α-hetero) is 1. The first-order chi connectivity index (χ1) is 17.0. The lowest BCUT2D eigenvalue weighted by atomic mass is 9.97. The summed E-state index contributed by atoms with van der Waals surface area (Å²) in [6.45, 7) is 4.17. The van der Waals surface area contributed by atoms with Crippen molar-refractivity contribution in [3.63, 3.8) is 0 Å². The summed E-state index contributed by atoms with van der Waals surface area (Å²) in [5, 5.41) is 12.0. The highest BCUT2D eigenvalue weighted by molar-refractivity contribution is 6.01. The van der Waals surface area contributed by atoms with E-state index in [1.54, 1.807) is 12.1 Å². The lowest BCUT2D eigenvalue weighted by Crippen LogP contribution is -2.53. The molecule has 2 aromatic carbocycles. The van der Waals surface area contributed by atoms with Crippen LogP contribution in [-0.2, 0) is 6.54 Å². The van der Waals surface area contributed by atoms with Gasteiger partial charge < -0.3 is 19.1 Å². The van der Waals surface area contributed by atoms with E-state index in [4.69, 9.17) is 14.2 Å². The summed E-state index contributed by atoms with van der Waals surface area (Å²) < 4.78 is 16.2. The van der Waals surface area contributed by atoms with Gasteiger partial charge in [0.25, 0.3) is 0 Å². The summed E-state index contributed by atoms with van der Waals surface area (Å²) in [4.78, 5) is 22.4. The lowest BCUT2D eigenvalue weighted by Gasteiger charge is -2.42. The third kappa shape index (κ3) is 4.88. The van der Waals surface area contributed by atoms with E-state index in [-0.39, 0.29) is 17.9 Å². The van der Waals surface area contributed by atoms with Gasteiger partial charge in [0.2, 0.25) is 11.7 Å². The lowest BCUT2D eigenvalue weighted by molar-refractivity contribution is 0.0739. The minimum absolute atomic E-state index is 0.00278. The van der Waals surface area contributed by atoms with E-state index in [0.29, 0.717) is 35.3 Å². The van der Waals surface area contributed by atoms with Crippen LogP contribution in [0.1, 0.15) is 35.7 Å². The van der Waals surface area contributed by atoms with Crippen molar-refractivity contribution in [3.05, 3.63) is 47.5 Å². The summed E-state index contributed by atoms with van der Waals surface area (Å²) in [5.74, 6) is 1.98. The van der Waals surface area contributed by atoms with E-state index in [9.17, 15) is 10.1 Å². The molecular weight excluding hydrogens is 446 g/mol. The number of nitrogens with one attached hydrogen (secondary N) is 1. The van der Waals surface area contributed by atoms with Gasteiger partial charge in [-0.25, -0.2) is 4.99 Å². The standard InChI is InChI=1S/C26H31N5O4/c1-17(24(32)19-13-22(33-2)25(35-4)23(14-19)34-3)30-11-9-20(10-12-30)31-15-18-7-5-6-8-21(18)29-26(31)28-16-27/h5-8,13-14,17,20H,9-12,15H2,1-4H3,(H,28,29). The van der Waals surface area contributed by atoms with Gasteiger partial charge in [0.15, 0.2) is 23.5 Å². The third-order valence-corrected chi connectivity index (χ3v) is 6.81. The molecule has 0 saturated carbocycles. The highest BCUT2D eigenvalue weighted by Crippen LogP contribution is 2.39. The van der Waals surface area contributed by atoms with Crippen LogP contribution in [-0.4, -0.2) is 68.0 Å². The SMILES string of the molecule is COc1cc(C(=O)C(C)N2CCC(N3Cc4ccccc4N=C3NC#N)CC2)cc(OC)c1OC. The van der Waals surface area contributed by atoms with Crippen molar-refractivity contribution in [3.8, 4) is 23.4 Å². The Balaban J connectivity index is 1.45. The maximum absolute atomic E-state index is 13.4. The number of hydrogen-bond donors (Lipinski definition) is 1. The van der Waals surface area contributed by atoms with Gasteiger partial charge >= 0.3 is 0 Å². The molecule has 2 aliphatic heterocycles. The number of methoxy groups -OCH3 is 3. The van der Waals surface area contributed by atoms with Crippen LogP contribution in [0.2, 0.25) is 0 Å². The molecule has 4 rings (SSSR count). The van der Waals surface area contributed by atoms with E-state index >= 15 is 0 Å². The maximum Gasteiger partial charge on any atom is 0.213 e. The number of fused-ring (bicyclic) bond motifs is 1. The van der Waals surface area contributed by atoms with Crippen LogP contribution in [0, 0.1) is 11.5 Å². The Morgan fingerprint density at radius 1 is 1.11 bits per heavy atom. The van der Waals surface area contributed by atoms with Crippen LogP contribution >= 0.6 is 0 Å². The summed E-state index contributed by atoms with van der Waals surface area (Å²) in [7, 11) is 4.62. The number of guanidine groups is 1. The maximum atomic E-state index is 13.4. The number of carbonyl (C=O) groups is 1. The Kier molecular flexibility index (Phi) is 7.42. The smallest absolute Gasteiger partial charge is 0.213 e. The monoisotopic (exact) mass is 477 g/mol. The molecule has 0 aromatic heterocycles. The second kappa shape index (κ2) is 10.7. The molecule has 0 aliphatic carbocycles. The van der Waals surface area contributed by atoms with Crippen molar-refractivity contribution in [2.75, 3.05) is 34.4 Å². The quantitative estimate of drug-likeness (QED) is 0.368. The molecule has 35 heavy (non-hydrogen) atoms. The second-order valence-electron chi connectivity index (χ2n) is 8.65. The summed E-state index contributed by atoms with van der Waals surface area (Å²) in [5.41, 5.74) is 2.56. The predicted octanol–water partition coefficient (Wildman–Crippen LogP) is 3.32.